The highest BCUT2D eigenvalue weighted by atomic mass is 32.2. The van der Waals surface area contributed by atoms with Crippen LogP contribution in [-0.4, -0.2) is 51.5 Å². The molecule has 2 aromatic carbocycles. The standard InChI is InChI=1S/C20H24N2O5S/c1-15-3-5-17(6-4-15)21-20(23)14-27-19-8-7-18(13-16(19)2)28(24,25)22-9-11-26-12-10-22/h3-8,13H,9-12,14H2,1-2H3,(H,21,23). The van der Waals surface area contributed by atoms with Crippen LogP contribution in [0.15, 0.2) is 47.4 Å². The summed E-state index contributed by atoms with van der Waals surface area (Å²) < 4.78 is 37.6. The topological polar surface area (TPSA) is 84.9 Å². The van der Waals surface area contributed by atoms with Crippen molar-refractivity contribution in [2.75, 3.05) is 38.2 Å². The summed E-state index contributed by atoms with van der Waals surface area (Å²) >= 11 is 0. The first kappa shape index (κ1) is 20.3. The first-order valence-electron chi connectivity index (χ1n) is 9.04. The Hall–Kier alpha value is -2.42. The SMILES string of the molecule is Cc1ccc(NC(=O)COc2ccc(S(=O)(=O)N3CCOCC3)cc2C)cc1. The number of carbonyl (C=O) groups excluding carboxylic acids is 1. The summed E-state index contributed by atoms with van der Waals surface area (Å²) in [6, 6.07) is 12.1. The van der Waals surface area contributed by atoms with Gasteiger partial charge in [0.15, 0.2) is 6.61 Å². The first-order chi connectivity index (χ1) is 13.4. The zero-order valence-electron chi connectivity index (χ0n) is 16.0. The fraction of sp³-hybridized carbons (Fsp3) is 0.350. The van der Waals surface area contributed by atoms with Crippen LogP contribution in [0.25, 0.3) is 0 Å². The number of nitrogens with one attached hydrogen (secondary N) is 1. The van der Waals surface area contributed by atoms with Gasteiger partial charge in [-0.25, -0.2) is 8.42 Å². The molecule has 7 nitrogen and oxygen atoms in total. The summed E-state index contributed by atoms with van der Waals surface area (Å²) in [5, 5.41) is 2.76. The van der Waals surface area contributed by atoms with Crippen LogP contribution in [0.1, 0.15) is 11.1 Å². The lowest BCUT2D eigenvalue weighted by Gasteiger charge is -2.26. The van der Waals surface area contributed by atoms with E-state index in [4.69, 9.17) is 9.47 Å². The largest absolute Gasteiger partial charge is 0.483 e. The molecule has 1 aliphatic heterocycles. The molecule has 0 bridgehead atoms. The quantitative estimate of drug-likeness (QED) is 0.799. The normalized spacial score (nSPS) is 15.2. The summed E-state index contributed by atoms with van der Waals surface area (Å²) in [5.74, 6) is 0.188. The minimum absolute atomic E-state index is 0.162. The molecule has 0 atom stereocenters. The third-order valence-corrected chi connectivity index (χ3v) is 6.34. The second kappa shape index (κ2) is 8.72. The Morgan fingerprint density at radius 1 is 1.11 bits per heavy atom. The van der Waals surface area contributed by atoms with Gasteiger partial charge in [0.2, 0.25) is 10.0 Å². The third-order valence-electron chi connectivity index (χ3n) is 4.45. The molecule has 150 valence electrons. The summed E-state index contributed by atoms with van der Waals surface area (Å²) in [6.07, 6.45) is 0. The molecule has 0 radical (unpaired) electrons. The molecule has 1 N–H and O–H groups in total. The maximum atomic E-state index is 12.7. The number of amides is 1. The number of rotatable bonds is 6. The maximum Gasteiger partial charge on any atom is 0.262 e. The smallest absolute Gasteiger partial charge is 0.262 e. The molecule has 2 aromatic rings. The number of aryl methyl sites for hydroxylation is 2. The van der Waals surface area contributed by atoms with Gasteiger partial charge in [0.25, 0.3) is 5.91 Å². The van der Waals surface area contributed by atoms with E-state index in [0.717, 1.165) is 5.56 Å². The van der Waals surface area contributed by atoms with Crippen LogP contribution < -0.4 is 10.1 Å². The molecule has 3 rings (SSSR count). The molecule has 0 aromatic heterocycles. The van der Waals surface area contributed by atoms with Crippen LogP contribution in [0, 0.1) is 13.8 Å². The monoisotopic (exact) mass is 404 g/mol. The van der Waals surface area contributed by atoms with E-state index >= 15 is 0 Å². The zero-order valence-corrected chi connectivity index (χ0v) is 16.8. The zero-order chi connectivity index (χ0) is 20.1. The minimum atomic E-state index is -3.56. The van der Waals surface area contributed by atoms with E-state index in [2.05, 4.69) is 5.32 Å². The molecule has 0 unspecified atom stereocenters. The van der Waals surface area contributed by atoms with Crippen LogP contribution in [0.2, 0.25) is 0 Å². The van der Waals surface area contributed by atoms with Crippen LogP contribution in [-0.2, 0) is 19.6 Å². The predicted octanol–water partition coefficient (Wildman–Crippen LogP) is 2.34. The summed E-state index contributed by atoms with van der Waals surface area (Å²) in [4.78, 5) is 12.3. The van der Waals surface area contributed by atoms with Crippen molar-refractivity contribution < 1.29 is 22.7 Å². The molecule has 1 saturated heterocycles. The molecule has 0 spiro atoms. The van der Waals surface area contributed by atoms with Gasteiger partial charge in [-0.15, -0.1) is 0 Å². The Morgan fingerprint density at radius 3 is 2.43 bits per heavy atom. The fourth-order valence-electron chi connectivity index (χ4n) is 2.86. The van der Waals surface area contributed by atoms with Gasteiger partial charge in [-0.3, -0.25) is 4.79 Å². The molecular weight excluding hydrogens is 380 g/mol. The maximum absolute atomic E-state index is 12.7. The fourth-order valence-corrected chi connectivity index (χ4v) is 4.35. The lowest BCUT2D eigenvalue weighted by Crippen LogP contribution is -2.40. The van der Waals surface area contributed by atoms with Crippen molar-refractivity contribution in [3.8, 4) is 5.75 Å². The molecule has 0 aliphatic carbocycles. The van der Waals surface area contributed by atoms with E-state index in [1.165, 1.54) is 10.4 Å². The van der Waals surface area contributed by atoms with Crippen LogP contribution in [0.3, 0.4) is 0 Å². The lowest BCUT2D eigenvalue weighted by molar-refractivity contribution is -0.118. The highest BCUT2D eigenvalue weighted by Crippen LogP contribution is 2.24. The lowest BCUT2D eigenvalue weighted by atomic mass is 10.2. The number of anilines is 1. The van der Waals surface area contributed by atoms with Gasteiger partial charge in [0.05, 0.1) is 18.1 Å². The molecule has 1 aliphatic rings. The molecular formula is C20H24N2O5S. The number of morpholine rings is 1. The van der Waals surface area contributed by atoms with Crippen molar-refractivity contribution in [2.24, 2.45) is 0 Å². The number of hydrogen-bond donors (Lipinski definition) is 1. The highest BCUT2D eigenvalue weighted by Gasteiger charge is 2.26. The Kier molecular flexibility index (Phi) is 6.33. The first-order valence-corrected chi connectivity index (χ1v) is 10.5. The average molecular weight is 404 g/mol. The van der Waals surface area contributed by atoms with Gasteiger partial charge in [0, 0.05) is 18.8 Å². The molecule has 8 heteroatoms. The van der Waals surface area contributed by atoms with Crippen molar-refractivity contribution in [3.63, 3.8) is 0 Å². The van der Waals surface area contributed by atoms with E-state index in [1.54, 1.807) is 19.1 Å². The van der Waals surface area contributed by atoms with E-state index in [1.807, 2.05) is 31.2 Å². The molecule has 1 heterocycles. The van der Waals surface area contributed by atoms with E-state index in [0.29, 0.717) is 43.3 Å². The minimum Gasteiger partial charge on any atom is -0.483 e. The van der Waals surface area contributed by atoms with Crippen LogP contribution >= 0.6 is 0 Å². The van der Waals surface area contributed by atoms with Gasteiger partial charge in [0.1, 0.15) is 5.75 Å². The summed E-state index contributed by atoms with van der Waals surface area (Å²) in [7, 11) is -3.56. The van der Waals surface area contributed by atoms with E-state index in [-0.39, 0.29) is 17.4 Å². The summed E-state index contributed by atoms with van der Waals surface area (Å²) in [6.45, 7) is 5.05. The Bertz CT molecular complexity index is 936. The predicted molar refractivity (Wildman–Crippen MR) is 106 cm³/mol. The van der Waals surface area contributed by atoms with Crippen molar-refractivity contribution in [1.29, 1.82) is 0 Å². The van der Waals surface area contributed by atoms with Crippen molar-refractivity contribution in [1.82, 2.24) is 4.31 Å². The van der Waals surface area contributed by atoms with Crippen molar-refractivity contribution in [3.05, 3.63) is 53.6 Å². The molecule has 0 saturated carbocycles. The van der Waals surface area contributed by atoms with Crippen molar-refractivity contribution >= 4 is 21.6 Å². The van der Waals surface area contributed by atoms with Gasteiger partial charge in [-0.1, -0.05) is 17.7 Å². The van der Waals surface area contributed by atoms with E-state index in [9.17, 15) is 13.2 Å². The number of hydrogen-bond acceptors (Lipinski definition) is 5. The van der Waals surface area contributed by atoms with Gasteiger partial charge in [-0.2, -0.15) is 4.31 Å². The Labute approximate surface area is 165 Å². The number of nitrogens with zero attached hydrogens (tertiary/aromatic N) is 1. The average Bonchev–Trinajstić information content (AvgIpc) is 2.69. The number of carbonyl (C=O) groups is 1. The van der Waals surface area contributed by atoms with Crippen molar-refractivity contribution in [2.45, 2.75) is 18.7 Å². The Morgan fingerprint density at radius 2 is 1.79 bits per heavy atom. The number of sulfonamides is 1. The van der Waals surface area contributed by atoms with Gasteiger partial charge >= 0.3 is 0 Å². The number of benzene rings is 2. The summed E-state index contributed by atoms with van der Waals surface area (Å²) in [5.41, 5.74) is 2.46. The van der Waals surface area contributed by atoms with Crippen LogP contribution in [0.5, 0.6) is 5.75 Å². The van der Waals surface area contributed by atoms with E-state index < -0.39 is 10.0 Å². The third kappa shape index (κ3) is 4.89. The second-order valence-corrected chi connectivity index (χ2v) is 8.58. The highest BCUT2D eigenvalue weighted by molar-refractivity contribution is 7.89. The van der Waals surface area contributed by atoms with Gasteiger partial charge in [-0.05, 0) is 49.7 Å². The van der Waals surface area contributed by atoms with Gasteiger partial charge < -0.3 is 14.8 Å². The Balaban J connectivity index is 1.62. The molecule has 1 fully saturated rings. The van der Waals surface area contributed by atoms with Crippen LogP contribution in [0.4, 0.5) is 5.69 Å². The number of ether oxygens (including phenoxy) is 2. The molecule has 1 amide bonds. The second-order valence-electron chi connectivity index (χ2n) is 6.65. The molecule has 28 heavy (non-hydrogen) atoms.